The minimum atomic E-state index is 0.598. The molecule has 0 radical (unpaired) electrons. The standard InChI is InChI=1S/C27H38S3/c1-15(2)26-21(8)20(7)25(30-26)14-19(6)27-18(5)12-23(29-27)11-10-16(3)24-13-17(4)22(9)28-24/h12-13,15-16,19H,10-11,14H2,1-9H3. The van der Waals surface area contributed by atoms with Crippen molar-refractivity contribution in [2.45, 2.75) is 99.3 Å². The van der Waals surface area contributed by atoms with Gasteiger partial charge in [0, 0.05) is 29.3 Å². The van der Waals surface area contributed by atoms with E-state index >= 15 is 0 Å². The first kappa shape index (κ1) is 23.8. The van der Waals surface area contributed by atoms with Crippen molar-refractivity contribution in [2.75, 3.05) is 0 Å². The lowest BCUT2D eigenvalue weighted by molar-refractivity contribution is 0.695. The van der Waals surface area contributed by atoms with E-state index in [0.29, 0.717) is 17.8 Å². The van der Waals surface area contributed by atoms with Crippen LogP contribution in [0, 0.1) is 34.6 Å². The lowest BCUT2D eigenvalue weighted by atomic mass is 9.98. The van der Waals surface area contributed by atoms with E-state index in [1.54, 1.807) is 24.4 Å². The van der Waals surface area contributed by atoms with Gasteiger partial charge < -0.3 is 0 Å². The first-order valence-electron chi connectivity index (χ1n) is 11.3. The van der Waals surface area contributed by atoms with Gasteiger partial charge in [0.15, 0.2) is 0 Å². The number of hydrogen-bond acceptors (Lipinski definition) is 3. The van der Waals surface area contributed by atoms with Gasteiger partial charge in [-0.25, -0.2) is 0 Å². The molecule has 0 aromatic carbocycles. The predicted molar refractivity (Wildman–Crippen MR) is 140 cm³/mol. The molecule has 3 aromatic rings. The van der Waals surface area contributed by atoms with E-state index in [9.17, 15) is 0 Å². The molecule has 2 unspecified atom stereocenters. The van der Waals surface area contributed by atoms with Crippen LogP contribution in [0.2, 0.25) is 0 Å². The second kappa shape index (κ2) is 9.71. The summed E-state index contributed by atoms with van der Waals surface area (Å²) in [4.78, 5) is 9.35. The smallest absolute Gasteiger partial charge is 0.0109 e. The third kappa shape index (κ3) is 5.11. The van der Waals surface area contributed by atoms with Crippen LogP contribution in [0.3, 0.4) is 0 Å². The van der Waals surface area contributed by atoms with Crippen molar-refractivity contribution in [2.24, 2.45) is 0 Å². The minimum absolute atomic E-state index is 0.598. The molecule has 164 valence electrons. The largest absolute Gasteiger partial charge is 0.145 e. The van der Waals surface area contributed by atoms with Gasteiger partial charge in [-0.05, 0) is 106 Å². The summed E-state index contributed by atoms with van der Waals surface area (Å²) >= 11 is 6.10. The molecule has 0 saturated heterocycles. The van der Waals surface area contributed by atoms with E-state index < -0.39 is 0 Å². The highest BCUT2D eigenvalue weighted by Crippen LogP contribution is 2.39. The van der Waals surface area contributed by atoms with Gasteiger partial charge in [-0.1, -0.05) is 27.7 Å². The zero-order valence-electron chi connectivity index (χ0n) is 20.2. The zero-order valence-corrected chi connectivity index (χ0v) is 22.7. The van der Waals surface area contributed by atoms with Crippen molar-refractivity contribution >= 4 is 34.0 Å². The molecule has 0 amide bonds. The van der Waals surface area contributed by atoms with Gasteiger partial charge in [0.25, 0.3) is 0 Å². The Hall–Kier alpha value is -0.900. The van der Waals surface area contributed by atoms with E-state index in [-0.39, 0.29) is 0 Å². The van der Waals surface area contributed by atoms with E-state index in [4.69, 9.17) is 0 Å². The molecule has 3 rings (SSSR count). The Morgan fingerprint density at radius 1 is 0.733 bits per heavy atom. The highest BCUT2D eigenvalue weighted by Gasteiger charge is 2.19. The highest BCUT2D eigenvalue weighted by molar-refractivity contribution is 7.13. The molecular weight excluding hydrogens is 420 g/mol. The second-order valence-electron chi connectivity index (χ2n) is 9.49. The summed E-state index contributed by atoms with van der Waals surface area (Å²) in [6.07, 6.45) is 3.62. The third-order valence-electron chi connectivity index (χ3n) is 6.55. The number of rotatable bonds is 8. The van der Waals surface area contributed by atoms with Crippen LogP contribution in [0.1, 0.15) is 103 Å². The summed E-state index contributed by atoms with van der Waals surface area (Å²) in [5, 5.41) is 0. The number of hydrogen-bond donors (Lipinski definition) is 0. The maximum absolute atomic E-state index is 2.46. The number of aryl methyl sites for hydroxylation is 4. The van der Waals surface area contributed by atoms with Crippen LogP contribution in [0.5, 0.6) is 0 Å². The second-order valence-corrected chi connectivity index (χ2v) is 13.1. The van der Waals surface area contributed by atoms with Gasteiger partial charge in [-0.3, -0.25) is 0 Å². The Labute approximate surface area is 196 Å². The summed E-state index contributed by atoms with van der Waals surface area (Å²) in [5.74, 6) is 1.88. The SMILES string of the molecule is Cc1cc(C(C)CCc2cc(C)c(C(C)Cc3sc(C(C)C)c(C)c3C)s2)sc1C. The Kier molecular flexibility index (Phi) is 7.69. The monoisotopic (exact) mass is 458 g/mol. The van der Waals surface area contributed by atoms with E-state index in [1.807, 2.05) is 11.3 Å². The lowest BCUT2D eigenvalue weighted by Gasteiger charge is -2.11. The molecule has 2 atom stereocenters. The summed E-state index contributed by atoms with van der Waals surface area (Å²) in [7, 11) is 0. The van der Waals surface area contributed by atoms with Crippen molar-refractivity contribution in [3.63, 3.8) is 0 Å². The molecule has 0 spiro atoms. The first-order chi connectivity index (χ1) is 14.1. The maximum atomic E-state index is 2.46. The molecule has 30 heavy (non-hydrogen) atoms. The molecule has 0 aliphatic carbocycles. The van der Waals surface area contributed by atoms with Crippen molar-refractivity contribution < 1.29 is 0 Å². The molecule has 0 fully saturated rings. The van der Waals surface area contributed by atoms with Crippen LogP contribution < -0.4 is 0 Å². The molecular formula is C27H38S3. The molecule has 3 aromatic heterocycles. The summed E-state index contributed by atoms with van der Waals surface area (Å²) in [6.45, 7) is 20.9. The molecule has 0 bridgehead atoms. The van der Waals surface area contributed by atoms with E-state index in [2.05, 4.69) is 97.1 Å². The van der Waals surface area contributed by atoms with Gasteiger partial charge in [0.2, 0.25) is 0 Å². The Balaban J connectivity index is 1.67. The average Bonchev–Trinajstić information content (AvgIpc) is 3.31. The molecule has 3 heteroatoms. The van der Waals surface area contributed by atoms with Crippen LogP contribution >= 0.6 is 34.0 Å². The molecule has 0 nitrogen and oxygen atoms in total. The lowest BCUT2D eigenvalue weighted by Crippen LogP contribution is -1.97. The van der Waals surface area contributed by atoms with Gasteiger partial charge in [-0.2, -0.15) is 0 Å². The van der Waals surface area contributed by atoms with Gasteiger partial charge in [0.05, 0.1) is 0 Å². The topological polar surface area (TPSA) is 0 Å². The van der Waals surface area contributed by atoms with Crippen LogP contribution in [0.25, 0.3) is 0 Å². The van der Waals surface area contributed by atoms with Crippen molar-refractivity contribution in [3.05, 3.63) is 63.6 Å². The van der Waals surface area contributed by atoms with Crippen molar-refractivity contribution in [3.8, 4) is 0 Å². The maximum Gasteiger partial charge on any atom is 0.0109 e. The average molecular weight is 459 g/mol. The quantitative estimate of drug-likeness (QED) is 0.315. The summed E-state index contributed by atoms with van der Waals surface area (Å²) in [6, 6.07) is 4.86. The number of thiophene rings is 3. The van der Waals surface area contributed by atoms with Crippen LogP contribution in [0.4, 0.5) is 0 Å². The van der Waals surface area contributed by atoms with Gasteiger partial charge >= 0.3 is 0 Å². The zero-order chi connectivity index (χ0) is 22.2. The third-order valence-corrected chi connectivity index (χ3v) is 11.2. The summed E-state index contributed by atoms with van der Waals surface area (Å²) in [5.41, 5.74) is 5.99. The summed E-state index contributed by atoms with van der Waals surface area (Å²) < 4.78 is 0. The van der Waals surface area contributed by atoms with Crippen LogP contribution in [-0.4, -0.2) is 0 Å². The van der Waals surface area contributed by atoms with Crippen LogP contribution in [-0.2, 0) is 12.8 Å². The predicted octanol–water partition coefficient (Wildman–Crippen LogP) is 9.62. The molecule has 0 saturated carbocycles. The molecule has 3 heterocycles. The van der Waals surface area contributed by atoms with Crippen molar-refractivity contribution in [1.29, 1.82) is 0 Å². The van der Waals surface area contributed by atoms with Crippen molar-refractivity contribution in [1.82, 2.24) is 0 Å². The fourth-order valence-electron chi connectivity index (χ4n) is 4.32. The Bertz CT molecular complexity index is 976. The van der Waals surface area contributed by atoms with E-state index in [1.165, 1.54) is 46.4 Å². The van der Waals surface area contributed by atoms with E-state index in [0.717, 1.165) is 0 Å². The fraction of sp³-hybridized carbons (Fsp3) is 0.556. The fourth-order valence-corrected chi connectivity index (χ4v) is 8.14. The molecule has 0 N–H and O–H groups in total. The highest BCUT2D eigenvalue weighted by atomic mass is 32.1. The van der Waals surface area contributed by atoms with Gasteiger partial charge in [-0.15, -0.1) is 34.0 Å². The normalized spacial score (nSPS) is 13.9. The Morgan fingerprint density at radius 2 is 1.43 bits per heavy atom. The molecule has 0 aliphatic heterocycles. The Morgan fingerprint density at radius 3 is 2.00 bits per heavy atom. The minimum Gasteiger partial charge on any atom is -0.145 e. The first-order valence-corrected chi connectivity index (χ1v) is 13.8. The van der Waals surface area contributed by atoms with Crippen LogP contribution in [0.15, 0.2) is 12.1 Å². The molecule has 0 aliphatic rings. The van der Waals surface area contributed by atoms with Gasteiger partial charge in [0.1, 0.15) is 0 Å².